The van der Waals surface area contributed by atoms with E-state index in [1.54, 1.807) is 12.1 Å². The van der Waals surface area contributed by atoms with Crippen molar-refractivity contribution >= 4 is 22.5 Å². The van der Waals surface area contributed by atoms with Crippen LogP contribution in [0, 0.1) is 12.7 Å². The van der Waals surface area contributed by atoms with Crippen LogP contribution in [0.15, 0.2) is 66.7 Å². The Morgan fingerprint density at radius 1 is 0.767 bits per heavy atom. The molecule has 2 aromatic heterocycles. The van der Waals surface area contributed by atoms with Gasteiger partial charge < -0.3 is 9.80 Å². The van der Waals surface area contributed by atoms with Gasteiger partial charge in [-0.2, -0.15) is 0 Å². The van der Waals surface area contributed by atoms with E-state index >= 15 is 0 Å². The third-order valence-corrected chi connectivity index (χ3v) is 5.63. The molecule has 1 aliphatic heterocycles. The van der Waals surface area contributed by atoms with Crippen molar-refractivity contribution < 1.29 is 4.39 Å². The lowest BCUT2D eigenvalue weighted by Gasteiger charge is -2.36. The van der Waals surface area contributed by atoms with Gasteiger partial charge in [0.05, 0.1) is 11.2 Å². The molecule has 0 atom stereocenters. The second kappa shape index (κ2) is 7.71. The number of halogens is 1. The maximum Gasteiger partial charge on any atom is 0.151 e. The Kier molecular flexibility index (Phi) is 4.75. The van der Waals surface area contributed by atoms with Crippen LogP contribution in [0.1, 0.15) is 5.56 Å². The summed E-state index contributed by atoms with van der Waals surface area (Å²) in [5.74, 6) is 1.64. The molecule has 0 aliphatic carbocycles. The van der Waals surface area contributed by atoms with E-state index in [1.165, 1.54) is 23.1 Å². The summed E-state index contributed by atoms with van der Waals surface area (Å²) >= 11 is 0. The zero-order valence-corrected chi connectivity index (χ0v) is 16.8. The van der Waals surface area contributed by atoms with Gasteiger partial charge in [-0.15, -0.1) is 10.2 Å². The molecule has 0 amide bonds. The van der Waals surface area contributed by atoms with Crippen molar-refractivity contribution in [2.24, 2.45) is 0 Å². The molecule has 5 nitrogen and oxygen atoms in total. The van der Waals surface area contributed by atoms with Crippen LogP contribution in [0.5, 0.6) is 0 Å². The maximum atomic E-state index is 13.1. The Balaban J connectivity index is 1.28. The van der Waals surface area contributed by atoms with Crippen LogP contribution in [0.3, 0.4) is 0 Å². The molecule has 0 spiro atoms. The van der Waals surface area contributed by atoms with E-state index in [0.717, 1.165) is 54.6 Å². The maximum absolute atomic E-state index is 13.1. The number of nitrogens with zero attached hydrogens (tertiary/aromatic N) is 5. The molecule has 1 aliphatic rings. The Morgan fingerprint density at radius 3 is 2.17 bits per heavy atom. The van der Waals surface area contributed by atoms with Crippen LogP contribution in [0.25, 0.3) is 22.2 Å². The number of hydrogen-bond donors (Lipinski definition) is 0. The fraction of sp³-hybridized carbons (Fsp3) is 0.208. The van der Waals surface area contributed by atoms with Gasteiger partial charge in [0.1, 0.15) is 11.6 Å². The summed E-state index contributed by atoms with van der Waals surface area (Å²) in [7, 11) is 0. The summed E-state index contributed by atoms with van der Waals surface area (Å²) in [6.45, 7) is 5.62. The van der Waals surface area contributed by atoms with E-state index < -0.39 is 0 Å². The molecule has 2 aromatic carbocycles. The highest BCUT2D eigenvalue weighted by Gasteiger charge is 2.20. The smallest absolute Gasteiger partial charge is 0.151 e. The fourth-order valence-corrected chi connectivity index (χ4v) is 3.93. The summed E-state index contributed by atoms with van der Waals surface area (Å²) in [5, 5.41) is 9.94. The molecule has 4 aromatic rings. The highest BCUT2D eigenvalue weighted by molar-refractivity contribution is 5.83. The van der Waals surface area contributed by atoms with Crippen molar-refractivity contribution in [3.63, 3.8) is 0 Å². The average molecular weight is 399 g/mol. The minimum atomic E-state index is -0.253. The average Bonchev–Trinajstić information content (AvgIpc) is 2.80. The Morgan fingerprint density at radius 2 is 1.47 bits per heavy atom. The molecule has 0 N–H and O–H groups in total. The molecule has 0 bridgehead atoms. The molecule has 1 fully saturated rings. The largest absolute Gasteiger partial charge is 0.353 e. The number of hydrogen-bond acceptors (Lipinski definition) is 5. The summed E-state index contributed by atoms with van der Waals surface area (Å²) in [6.07, 6.45) is 0. The highest BCUT2D eigenvalue weighted by Crippen LogP contribution is 2.24. The van der Waals surface area contributed by atoms with Gasteiger partial charge in [0.25, 0.3) is 0 Å². The first-order chi connectivity index (χ1) is 14.7. The van der Waals surface area contributed by atoms with Crippen LogP contribution in [0.4, 0.5) is 16.0 Å². The van der Waals surface area contributed by atoms with Gasteiger partial charge in [-0.05, 0) is 61.0 Å². The number of fused-ring (bicyclic) bond motifs is 1. The van der Waals surface area contributed by atoms with Crippen LogP contribution in [0.2, 0.25) is 0 Å². The van der Waals surface area contributed by atoms with Crippen LogP contribution in [-0.4, -0.2) is 41.4 Å². The highest BCUT2D eigenvalue weighted by atomic mass is 19.1. The van der Waals surface area contributed by atoms with Crippen LogP contribution < -0.4 is 9.80 Å². The van der Waals surface area contributed by atoms with E-state index in [4.69, 9.17) is 4.98 Å². The predicted molar refractivity (Wildman–Crippen MR) is 118 cm³/mol. The van der Waals surface area contributed by atoms with Crippen molar-refractivity contribution in [3.8, 4) is 11.3 Å². The first-order valence-electron chi connectivity index (χ1n) is 10.1. The molecule has 30 heavy (non-hydrogen) atoms. The van der Waals surface area contributed by atoms with Crippen LogP contribution in [-0.2, 0) is 0 Å². The van der Waals surface area contributed by atoms with Crippen LogP contribution >= 0.6 is 0 Å². The minimum Gasteiger partial charge on any atom is -0.353 e. The Bertz CT molecular complexity index is 1170. The van der Waals surface area contributed by atoms with Crippen molar-refractivity contribution in [2.45, 2.75) is 6.92 Å². The molecule has 3 heterocycles. The first kappa shape index (κ1) is 18.5. The van der Waals surface area contributed by atoms with Gasteiger partial charge in [-0.25, -0.2) is 9.37 Å². The molecule has 1 saturated heterocycles. The topological polar surface area (TPSA) is 45.2 Å². The number of pyridine rings is 1. The van der Waals surface area contributed by atoms with Crippen molar-refractivity contribution in [2.75, 3.05) is 36.0 Å². The number of aryl methyl sites for hydroxylation is 1. The van der Waals surface area contributed by atoms with E-state index in [0.29, 0.717) is 0 Å². The fourth-order valence-electron chi connectivity index (χ4n) is 3.93. The lowest BCUT2D eigenvalue weighted by Crippen LogP contribution is -2.47. The second-order valence-corrected chi connectivity index (χ2v) is 7.57. The molecule has 0 saturated carbocycles. The zero-order valence-electron chi connectivity index (χ0n) is 16.8. The summed E-state index contributed by atoms with van der Waals surface area (Å²) in [4.78, 5) is 9.43. The van der Waals surface area contributed by atoms with Gasteiger partial charge in [-0.1, -0.05) is 18.2 Å². The van der Waals surface area contributed by atoms with Gasteiger partial charge in [0.2, 0.25) is 0 Å². The number of para-hydroxylation sites is 1. The summed E-state index contributed by atoms with van der Waals surface area (Å²) in [6, 6.07) is 20.7. The minimum absolute atomic E-state index is 0.253. The number of anilines is 2. The van der Waals surface area contributed by atoms with E-state index in [-0.39, 0.29) is 5.82 Å². The van der Waals surface area contributed by atoms with Crippen molar-refractivity contribution in [1.29, 1.82) is 0 Å². The predicted octanol–water partition coefficient (Wildman–Crippen LogP) is 4.47. The Hall–Kier alpha value is -3.54. The van der Waals surface area contributed by atoms with Gasteiger partial charge in [0.15, 0.2) is 5.82 Å². The first-order valence-corrected chi connectivity index (χ1v) is 10.1. The van der Waals surface area contributed by atoms with Gasteiger partial charge >= 0.3 is 0 Å². The quantitative estimate of drug-likeness (QED) is 0.509. The third kappa shape index (κ3) is 3.56. The van der Waals surface area contributed by atoms with Crippen molar-refractivity contribution in [3.05, 3.63) is 78.1 Å². The summed E-state index contributed by atoms with van der Waals surface area (Å²) < 4.78 is 13.1. The zero-order chi connectivity index (χ0) is 20.5. The molecule has 5 rings (SSSR count). The summed E-state index contributed by atoms with van der Waals surface area (Å²) in [5.41, 5.74) is 3.89. The van der Waals surface area contributed by atoms with Crippen molar-refractivity contribution in [1.82, 2.24) is 15.2 Å². The van der Waals surface area contributed by atoms with E-state index in [9.17, 15) is 4.39 Å². The number of aromatic nitrogens is 3. The monoisotopic (exact) mass is 399 g/mol. The molecule has 0 unspecified atom stereocenters. The normalized spacial score (nSPS) is 14.3. The number of piperazine rings is 1. The van der Waals surface area contributed by atoms with Gasteiger partial charge in [-0.3, -0.25) is 0 Å². The lowest BCUT2D eigenvalue weighted by molar-refractivity contribution is 0.628. The molecule has 150 valence electrons. The Labute approximate surface area is 174 Å². The van der Waals surface area contributed by atoms with E-state index in [1.807, 2.05) is 18.2 Å². The molecule has 0 radical (unpaired) electrons. The molecular weight excluding hydrogens is 377 g/mol. The third-order valence-electron chi connectivity index (χ3n) is 5.63. The molecular formula is C24H22FN5. The lowest BCUT2D eigenvalue weighted by atomic mass is 10.1. The standard InChI is InChI=1S/C24H22FN5/c1-17-16-24(26-22-5-3-2-4-20(17)22)30-14-12-29(13-15-30)23-11-10-21(27-28-23)18-6-8-19(25)9-7-18/h2-11,16H,12-15H2,1H3. The van der Waals surface area contributed by atoms with Gasteiger partial charge in [0, 0.05) is 37.1 Å². The number of benzene rings is 2. The molecule has 6 heteroatoms. The van der Waals surface area contributed by atoms with E-state index in [2.05, 4.69) is 51.2 Å². The number of rotatable bonds is 3. The second-order valence-electron chi connectivity index (χ2n) is 7.57. The SMILES string of the molecule is Cc1cc(N2CCN(c3ccc(-c4ccc(F)cc4)nn3)CC2)nc2ccccc12.